The number of unbranched alkanes of at least 4 members (excludes halogenated alkanes) is 4. The first-order valence-corrected chi connectivity index (χ1v) is 5.63. The van der Waals surface area contributed by atoms with E-state index in [9.17, 15) is 0 Å². The summed E-state index contributed by atoms with van der Waals surface area (Å²) < 4.78 is 0. The molecule has 0 unspecified atom stereocenters. The first-order chi connectivity index (χ1) is 5.27. The molecule has 0 aliphatic carbocycles. The van der Waals surface area contributed by atoms with Crippen LogP contribution in [0.4, 0.5) is 0 Å². The first-order valence-electron chi connectivity index (χ1n) is 4.51. The number of halogens is 1. The fourth-order valence-corrected chi connectivity index (χ4v) is 1.46. The highest BCUT2D eigenvalue weighted by Gasteiger charge is 1.94. The molecule has 0 saturated carbocycles. The lowest BCUT2D eigenvalue weighted by molar-refractivity contribution is 0.180. The molecule has 0 aliphatic rings. The summed E-state index contributed by atoms with van der Waals surface area (Å²) in [4.78, 5) is 0. The van der Waals surface area contributed by atoms with Crippen LogP contribution in [0.5, 0.6) is 0 Å². The van der Waals surface area contributed by atoms with E-state index in [0.717, 1.165) is 11.8 Å². The number of hydrogen-bond acceptors (Lipinski definition) is 1. The summed E-state index contributed by atoms with van der Waals surface area (Å²) in [5.74, 6) is 0. The van der Waals surface area contributed by atoms with Gasteiger partial charge in [0.2, 0.25) is 0 Å². The Morgan fingerprint density at radius 1 is 1.09 bits per heavy atom. The average molecular weight is 223 g/mol. The summed E-state index contributed by atoms with van der Waals surface area (Å²) in [6, 6.07) is 0. The molecule has 11 heavy (non-hydrogen) atoms. The number of rotatable bonds is 7. The molecule has 0 bridgehead atoms. The molecule has 0 radical (unpaired) electrons. The Morgan fingerprint density at radius 2 is 1.64 bits per heavy atom. The molecule has 0 aromatic heterocycles. The number of aliphatic hydroxyl groups excluding tert-OH is 1. The molecule has 0 aromatic rings. The molecule has 0 aromatic carbocycles. The Labute approximate surface area is 78.3 Å². The maximum Gasteiger partial charge on any atom is 0.0512 e. The van der Waals surface area contributed by atoms with Gasteiger partial charge >= 0.3 is 0 Å². The largest absolute Gasteiger partial charge is 0.393 e. The highest BCUT2D eigenvalue weighted by Crippen LogP contribution is 2.07. The van der Waals surface area contributed by atoms with Crippen LogP contribution in [0.25, 0.3) is 0 Å². The van der Waals surface area contributed by atoms with Crippen molar-refractivity contribution in [2.75, 3.05) is 5.33 Å². The van der Waals surface area contributed by atoms with Crippen molar-refractivity contribution < 1.29 is 5.11 Å². The third-order valence-electron chi connectivity index (χ3n) is 1.76. The predicted molar refractivity (Wildman–Crippen MR) is 53.2 cm³/mol. The molecule has 0 rings (SSSR count). The van der Waals surface area contributed by atoms with E-state index in [1.54, 1.807) is 0 Å². The van der Waals surface area contributed by atoms with Crippen molar-refractivity contribution in [3.05, 3.63) is 0 Å². The summed E-state index contributed by atoms with van der Waals surface area (Å²) in [5, 5.41) is 10.1. The molecule has 0 saturated heterocycles. The van der Waals surface area contributed by atoms with E-state index >= 15 is 0 Å². The number of hydrogen-bond donors (Lipinski definition) is 1. The molecule has 0 heterocycles. The van der Waals surface area contributed by atoms with Crippen LogP contribution in [0.2, 0.25) is 0 Å². The van der Waals surface area contributed by atoms with E-state index in [4.69, 9.17) is 5.11 Å². The van der Waals surface area contributed by atoms with E-state index in [1.165, 1.54) is 32.1 Å². The fraction of sp³-hybridized carbons (Fsp3) is 1.00. The highest BCUT2D eigenvalue weighted by atomic mass is 79.9. The zero-order valence-corrected chi connectivity index (χ0v) is 8.94. The molecule has 2 heteroatoms. The predicted octanol–water partition coefficient (Wildman–Crippen LogP) is 3.10. The van der Waals surface area contributed by atoms with Gasteiger partial charge in [-0.3, -0.25) is 0 Å². The van der Waals surface area contributed by atoms with Crippen molar-refractivity contribution in [1.82, 2.24) is 0 Å². The average Bonchev–Trinajstić information content (AvgIpc) is 1.96. The fourth-order valence-electron chi connectivity index (χ4n) is 1.06. The minimum absolute atomic E-state index is 0.105. The maximum absolute atomic E-state index is 8.95. The molecule has 0 spiro atoms. The SMILES string of the molecule is C[C@H](O)CCCCCCCBr. The second-order valence-electron chi connectivity index (χ2n) is 3.09. The maximum atomic E-state index is 8.95. The van der Waals surface area contributed by atoms with Gasteiger partial charge in [-0.2, -0.15) is 0 Å². The monoisotopic (exact) mass is 222 g/mol. The summed E-state index contributed by atoms with van der Waals surface area (Å²) in [5.41, 5.74) is 0. The molecule has 0 amide bonds. The smallest absolute Gasteiger partial charge is 0.0512 e. The van der Waals surface area contributed by atoms with Crippen LogP contribution in [0.1, 0.15) is 45.4 Å². The molecule has 1 atom stereocenters. The molecular weight excluding hydrogens is 204 g/mol. The van der Waals surface area contributed by atoms with E-state index in [2.05, 4.69) is 15.9 Å². The van der Waals surface area contributed by atoms with E-state index in [0.29, 0.717) is 0 Å². The molecule has 1 nitrogen and oxygen atoms in total. The van der Waals surface area contributed by atoms with E-state index in [1.807, 2.05) is 6.92 Å². The van der Waals surface area contributed by atoms with E-state index in [-0.39, 0.29) is 6.10 Å². The van der Waals surface area contributed by atoms with Crippen LogP contribution in [0.3, 0.4) is 0 Å². The molecular formula is C9H19BrO. The standard InChI is InChI=1S/C9H19BrO/c1-9(11)7-5-3-2-4-6-8-10/h9,11H,2-8H2,1H3/t9-/m0/s1. The van der Waals surface area contributed by atoms with Gasteiger partial charge in [0.05, 0.1) is 6.10 Å². The van der Waals surface area contributed by atoms with Crippen molar-refractivity contribution in [3.63, 3.8) is 0 Å². The Hall–Kier alpha value is 0.440. The van der Waals surface area contributed by atoms with E-state index < -0.39 is 0 Å². The summed E-state index contributed by atoms with van der Waals surface area (Å²) in [6.45, 7) is 1.86. The van der Waals surface area contributed by atoms with Gasteiger partial charge < -0.3 is 5.11 Å². The quantitative estimate of drug-likeness (QED) is 0.519. The topological polar surface area (TPSA) is 20.2 Å². The summed E-state index contributed by atoms with van der Waals surface area (Å²) in [7, 11) is 0. The Balaban J connectivity index is 2.80. The van der Waals surface area contributed by atoms with Crippen molar-refractivity contribution in [2.24, 2.45) is 0 Å². The number of aliphatic hydroxyl groups is 1. The van der Waals surface area contributed by atoms with Crippen molar-refractivity contribution in [1.29, 1.82) is 0 Å². The zero-order chi connectivity index (χ0) is 8.53. The lowest BCUT2D eigenvalue weighted by Crippen LogP contribution is -1.98. The Kier molecular flexibility index (Phi) is 8.88. The van der Waals surface area contributed by atoms with Crippen LogP contribution in [-0.2, 0) is 0 Å². The van der Waals surface area contributed by atoms with Crippen LogP contribution < -0.4 is 0 Å². The second-order valence-corrected chi connectivity index (χ2v) is 3.89. The minimum atomic E-state index is -0.105. The lowest BCUT2D eigenvalue weighted by atomic mass is 10.1. The lowest BCUT2D eigenvalue weighted by Gasteiger charge is -2.02. The normalized spacial score (nSPS) is 13.4. The third-order valence-corrected chi connectivity index (χ3v) is 2.32. The van der Waals surface area contributed by atoms with Gasteiger partial charge in [-0.05, 0) is 19.8 Å². The first kappa shape index (κ1) is 11.4. The summed E-state index contributed by atoms with van der Waals surface area (Å²) >= 11 is 3.40. The van der Waals surface area contributed by atoms with Gasteiger partial charge in [-0.15, -0.1) is 0 Å². The third kappa shape index (κ3) is 10.4. The van der Waals surface area contributed by atoms with Gasteiger partial charge in [0.1, 0.15) is 0 Å². The zero-order valence-electron chi connectivity index (χ0n) is 7.35. The van der Waals surface area contributed by atoms with Crippen LogP contribution >= 0.6 is 15.9 Å². The molecule has 0 fully saturated rings. The molecule has 68 valence electrons. The highest BCUT2D eigenvalue weighted by molar-refractivity contribution is 9.09. The van der Waals surface area contributed by atoms with Crippen LogP contribution in [0, 0.1) is 0 Å². The van der Waals surface area contributed by atoms with Crippen molar-refractivity contribution in [2.45, 2.75) is 51.6 Å². The van der Waals surface area contributed by atoms with Gasteiger partial charge in [0.25, 0.3) is 0 Å². The van der Waals surface area contributed by atoms with Gasteiger partial charge in [0, 0.05) is 5.33 Å². The van der Waals surface area contributed by atoms with Crippen LogP contribution in [-0.4, -0.2) is 16.5 Å². The summed E-state index contributed by atoms with van der Waals surface area (Å²) in [6.07, 6.45) is 7.25. The van der Waals surface area contributed by atoms with Crippen LogP contribution in [0.15, 0.2) is 0 Å². The second kappa shape index (κ2) is 8.54. The molecule has 0 aliphatic heterocycles. The van der Waals surface area contributed by atoms with Crippen molar-refractivity contribution in [3.8, 4) is 0 Å². The van der Waals surface area contributed by atoms with Gasteiger partial charge in [0.15, 0.2) is 0 Å². The van der Waals surface area contributed by atoms with Gasteiger partial charge in [-0.1, -0.05) is 41.6 Å². The Morgan fingerprint density at radius 3 is 2.18 bits per heavy atom. The van der Waals surface area contributed by atoms with Gasteiger partial charge in [-0.25, -0.2) is 0 Å². The molecule has 1 N–H and O–H groups in total. The Bertz CT molecular complexity index is 74.0. The minimum Gasteiger partial charge on any atom is -0.393 e. The van der Waals surface area contributed by atoms with Crippen molar-refractivity contribution >= 4 is 15.9 Å². The number of alkyl halides is 1.